The molecule has 6 heteroatoms. The Balaban J connectivity index is 0.000000240. The third-order valence-electron chi connectivity index (χ3n) is 2.07. The molecule has 2 rings (SSSR count). The van der Waals surface area contributed by atoms with Crippen LogP contribution in [0.25, 0.3) is 0 Å². The molecular weight excluding hydrogens is 280 g/mol. The van der Waals surface area contributed by atoms with Gasteiger partial charge >= 0.3 is 5.97 Å². The zero-order valence-electron chi connectivity index (χ0n) is 10.7. The van der Waals surface area contributed by atoms with Crippen molar-refractivity contribution in [2.75, 3.05) is 5.32 Å². The fraction of sp³-hybridized carbons (Fsp3) is 0.0714. The van der Waals surface area contributed by atoms with Crippen molar-refractivity contribution < 1.29 is 14.7 Å². The summed E-state index contributed by atoms with van der Waals surface area (Å²) < 4.78 is 0. The Morgan fingerprint density at radius 3 is 2.25 bits per heavy atom. The van der Waals surface area contributed by atoms with E-state index in [-0.39, 0.29) is 17.3 Å². The summed E-state index contributed by atoms with van der Waals surface area (Å²) in [4.78, 5) is 25.0. The molecule has 0 fully saturated rings. The summed E-state index contributed by atoms with van der Waals surface area (Å²) in [5.41, 5.74) is -0.0160. The molecule has 5 nitrogen and oxygen atoms in total. The molecule has 104 valence electrons. The van der Waals surface area contributed by atoms with Gasteiger partial charge in [-0.25, -0.2) is 9.78 Å². The van der Waals surface area contributed by atoms with Gasteiger partial charge < -0.3 is 10.4 Å². The van der Waals surface area contributed by atoms with E-state index >= 15 is 0 Å². The number of hydrogen-bond donors (Lipinski definition) is 2. The predicted molar refractivity (Wildman–Crippen MR) is 77.0 cm³/mol. The average Bonchev–Trinajstić information content (AvgIpc) is 2.40. The first-order valence-electron chi connectivity index (χ1n) is 5.67. The van der Waals surface area contributed by atoms with E-state index in [2.05, 4.69) is 10.3 Å². The minimum absolute atomic E-state index is 0.0160. The van der Waals surface area contributed by atoms with Crippen molar-refractivity contribution in [2.45, 2.75) is 6.92 Å². The second kappa shape index (κ2) is 7.91. The Kier molecular flexibility index (Phi) is 6.19. The Hall–Kier alpha value is -2.40. The normalized spacial score (nSPS) is 9.10. The Morgan fingerprint density at radius 2 is 1.80 bits per heavy atom. The molecule has 1 amide bonds. The number of pyridine rings is 1. The van der Waals surface area contributed by atoms with E-state index in [1.165, 1.54) is 25.3 Å². The van der Waals surface area contributed by atoms with Crippen molar-refractivity contribution in [2.24, 2.45) is 0 Å². The first kappa shape index (κ1) is 15.7. The lowest BCUT2D eigenvalue weighted by atomic mass is 10.2. The van der Waals surface area contributed by atoms with Crippen molar-refractivity contribution in [1.29, 1.82) is 0 Å². The van der Waals surface area contributed by atoms with Crippen LogP contribution in [0.3, 0.4) is 0 Å². The standard InChI is InChI=1S/C8H8N2O3.C6H5Cl/c1-5(11)10-7-6(8(12)13)3-2-4-9-7;7-6-4-2-1-3-5-6/h2-4H,1H3,(H,12,13)(H,9,10,11);1-5H. The monoisotopic (exact) mass is 292 g/mol. The molecule has 0 atom stereocenters. The van der Waals surface area contributed by atoms with Gasteiger partial charge in [0.05, 0.1) is 0 Å². The van der Waals surface area contributed by atoms with E-state index in [0.29, 0.717) is 0 Å². The molecule has 0 spiro atoms. The molecule has 0 aliphatic heterocycles. The van der Waals surface area contributed by atoms with Crippen LogP contribution in [0.2, 0.25) is 5.02 Å². The van der Waals surface area contributed by atoms with E-state index in [4.69, 9.17) is 16.7 Å². The summed E-state index contributed by atoms with van der Waals surface area (Å²) in [5.74, 6) is -1.39. The van der Waals surface area contributed by atoms with E-state index in [1.807, 2.05) is 30.3 Å². The highest BCUT2D eigenvalue weighted by Gasteiger charge is 2.10. The Labute approximate surface area is 121 Å². The smallest absolute Gasteiger partial charge is 0.339 e. The number of aromatic nitrogens is 1. The SMILES string of the molecule is CC(=O)Nc1ncccc1C(=O)O.Clc1ccccc1. The van der Waals surface area contributed by atoms with E-state index < -0.39 is 5.97 Å². The van der Waals surface area contributed by atoms with Crippen LogP contribution in [0, 0.1) is 0 Å². The van der Waals surface area contributed by atoms with Gasteiger partial charge in [0.15, 0.2) is 0 Å². The second-order valence-corrected chi connectivity index (χ2v) is 4.12. The van der Waals surface area contributed by atoms with Gasteiger partial charge in [-0.15, -0.1) is 0 Å². The lowest BCUT2D eigenvalue weighted by Crippen LogP contribution is -2.12. The van der Waals surface area contributed by atoms with Crippen molar-refractivity contribution in [3.8, 4) is 0 Å². The van der Waals surface area contributed by atoms with Crippen LogP contribution in [0.5, 0.6) is 0 Å². The molecule has 0 unspecified atom stereocenters. The van der Waals surface area contributed by atoms with Crippen molar-refractivity contribution in [3.05, 3.63) is 59.2 Å². The van der Waals surface area contributed by atoms with Gasteiger partial charge in [-0.2, -0.15) is 0 Å². The maximum atomic E-state index is 10.6. The number of carbonyl (C=O) groups excluding carboxylic acids is 1. The maximum Gasteiger partial charge on any atom is 0.339 e. The van der Waals surface area contributed by atoms with Crippen LogP contribution in [0.1, 0.15) is 17.3 Å². The van der Waals surface area contributed by atoms with E-state index in [9.17, 15) is 9.59 Å². The minimum Gasteiger partial charge on any atom is -0.478 e. The lowest BCUT2D eigenvalue weighted by molar-refractivity contribution is -0.114. The van der Waals surface area contributed by atoms with Crippen LogP contribution in [0.15, 0.2) is 48.7 Å². The van der Waals surface area contributed by atoms with Gasteiger partial charge in [-0.05, 0) is 24.3 Å². The highest BCUT2D eigenvalue weighted by Crippen LogP contribution is 2.10. The number of carboxylic acids is 1. The number of carboxylic acid groups (broad SMARTS) is 1. The summed E-state index contributed by atoms with van der Waals surface area (Å²) in [6.45, 7) is 1.29. The Bertz CT molecular complexity index is 588. The maximum absolute atomic E-state index is 10.6. The van der Waals surface area contributed by atoms with E-state index in [1.54, 1.807) is 0 Å². The summed E-state index contributed by atoms with van der Waals surface area (Å²) in [6.07, 6.45) is 1.41. The number of benzene rings is 1. The molecule has 0 aliphatic rings. The van der Waals surface area contributed by atoms with Crippen LogP contribution in [-0.4, -0.2) is 22.0 Å². The van der Waals surface area contributed by atoms with E-state index in [0.717, 1.165) is 5.02 Å². The fourth-order valence-corrected chi connectivity index (χ4v) is 1.40. The first-order valence-corrected chi connectivity index (χ1v) is 6.05. The molecule has 1 aromatic carbocycles. The molecule has 2 N–H and O–H groups in total. The number of nitrogens with one attached hydrogen (secondary N) is 1. The third kappa shape index (κ3) is 5.49. The molecular formula is C14H13ClN2O3. The molecule has 0 bridgehead atoms. The van der Waals surface area contributed by atoms with Crippen molar-refractivity contribution in [3.63, 3.8) is 0 Å². The second-order valence-electron chi connectivity index (χ2n) is 3.68. The molecule has 0 radical (unpaired) electrons. The van der Waals surface area contributed by atoms with Gasteiger partial charge in [-0.1, -0.05) is 29.8 Å². The fourth-order valence-electron chi connectivity index (χ4n) is 1.26. The topological polar surface area (TPSA) is 79.3 Å². The third-order valence-corrected chi connectivity index (χ3v) is 2.32. The number of carbonyl (C=O) groups is 2. The number of aromatic carboxylic acids is 1. The molecule has 20 heavy (non-hydrogen) atoms. The molecule has 0 saturated heterocycles. The lowest BCUT2D eigenvalue weighted by Gasteiger charge is -2.03. The van der Waals surface area contributed by atoms with Gasteiger partial charge in [0, 0.05) is 18.1 Å². The zero-order valence-corrected chi connectivity index (χ0v) is 11.5. The quantitative estimate of drug-likeness (QED) is 0.891. The van der Waals surface area contributed by atoms with Gasteiger partial charge in [0.1, 0.15) is 11.4 Å². The predicted octanol–water partition coefficient (Wildman–Crippen LogP) is 3.08. The van der Waals surface area contributed by atoms with Gasteiger partial charge in [0.2, 0.25) is 5.91 Å². The van der Waals surface area contributed by atoms with Crippen LogP contribution in [0.4, 0.5) is 5.82 Å². The highest BCUT2D eigenvalue weighted by atomic mass is 35.5. The largest absolute Gasteiger partial charge is 0.478 e. The summed E-state index contributed by atoms with van der Waals surface area (Å²) in [7, 11) is 0. The molecule has 2 aromatic rings. The summed E-state index contributed by atoms with van der Waals surface area (Å²) in [5, 5.41) is 11.8. The average molecular weight is 293 g/mol. The van der Waals surface area contributed by atoms with Crippen molar-refractivity contribution in [1.82, 2.24) is 4.98 Å². The number of amides is 1. The van der Waals surface area contributed by atoms with Crippen LogP contribution in [-0.2, 0) is 4.79 Å². The summed E-state index contributed by atoms with van der Waals surface area (Å²) in [6, 6.07) is 12.3. The first-order chi connectivity index (χ1) is 9.50. The number of hydrogen-bond acceptors (Lipinski definition) is 3. The number of nitrogens with zero attached hydrogens (tertiary/aromatic N) is 1. The molecule has 0 aliphatic carbocycles. The van der Waals surface area contributed by atoms with Crippen molar-refractivity contribution >= 4 is 29.3 Å². The molecule has 0 saturated carbocycles. The van der Waals surface area contributed by atoms with Crippen LogP contribution >= 0.6 is 11.6 Å². The van der Waals surface area contributed by atoms with Gasteiger partial charge in [0.25, 0.3) is 0 Å². The summed E-state index contributed by atoms with van der Waals surface area (Å²) >= 11 is 5.54. The highest BCUT2D eigenvalue weighted by molar-refractivity contribution is 6.30. The number of rotatable bonds is 2. The zero-order chi connectivity index (χ0) is 15.0. The molecule has 1 heterocycles. The minimum atomic E-state index is -1.11. The Morgan fingerprint density at radius 1 is 1.15 bits per heavy atom. The van der Waals surface area contributed by atoms with Gasteiger partial charge in [-0.3, -0.25) is 4.79 Å². The number of halogens is 1. The van der Waals surface area contributed by atoms with Crippen LogP contribution < -0.4 is 5.32 Å². The molecule has 1 aromatic heterocycles. The number of anilines is 1.